The van der Waals surface area contributed by atoms with Crippen molar-refractivity contribution in [3.8, 4) is 28.6 Å². The largest absolute Gasteiger partial charge is 0.493 e. The molecule has 0 aliphatic rings. The van der Waals surface area contributed by atoms with Gasteiger partial charge in [-0.25, -0.2) is 0 Å². The van der Waals surface area contributed by atoms with E-state index in [-0.39, 0.29) is 17.3 Å². The maximum absolute atomic E-state index is 13.2. The molecule has 0 atom stereocenters. The SMILES string of the molecule is COc1ccc(-c2oc3c(C)cc(C)cc3c(=O)c2OC(C)C)cc1OC. The zero-order valence-corrected chi connectivity index (χ0v) is 16.5. The molecule has 5 nitrogen and oxygen atoms in total. The molecule has 0 amide bonds. The fraction of sp³-hybridized carbons (Fsp3) is 0.318. The Morgan fingerprint density at radius 2 is 1.67 bits per heavy atom. The van der Waals surface area contributed by atoms with Crippen molar-refractivity contribution < 1.29 is 18.6 Å². The standard InChI is InChI=1S/C22H24O5/c1-12(2)26-22-19(23)16-10-13(3)9-14(4)20(16)27-21(22)15-7-8-17(24-5)18(11-15)25-6/h7-12H,1-6H3. The van der Waals surface area contributed by atoms with Gasteiger partial charge in [-0.1, -0.05) is 6.07 Å². The molecule has 0 unspecified atom stereocenters. The minimum absolute atomic E-state index is 0.171. The molecule has 3 aromatic rings. The van der Waals surface area contributed by atoms with Crippen LogP contribution in [0.5, 0.6) is 17.2 Å². The Hall–Kier alpha value is -2.95. The van der Waals surface area contributed by atoms with Gasteiger partial charge in [0.15, 0.2) is 17.3 Å². The highest BCUT2D eigenvalue weighted by Gasteiger charge is 2.21. The lowest BCUT2D eigenvalue weighted by atomic mass is 10.0. The number of methoxy groups -OCH3 is 2. The Bertz CT molecular complexity index is 1050. The summed E-state index contributed by atoms with van der Waals surface area (Å²) in [6.07, 6.45) is -0.171. The van der Waals surface area contributed by atoms with Crippen molar-refractivity contribution in [2.75, 3.05) is 14.2 Å². The van der Waals surface area contributed by atoms with Crippen LogP contribution in [0.3, 0.4) is 0 Å². The topological polar surface area (TPSA) is 57.9 Å². The smallest absolute Gasteiger partial charge is 0.235 e. The molecule has 1 heterocycles. The van der Waals surface area contributed by atoms with Gasteiger partial charge in [0, 0.05) is 5.56 Å². The molecule has 5 heteroatoms. The second-order valence-electron chi connectivity index (χ2n) is 6.78. The molecular weight excluding hydrogens is 344 g/mol. The van der Waals surface area contributed by atoms with Gasteiger partial charge in [-0.05, 0) is 63.1 Å². The van der Waals surface area contributed by atoms with E-state index in [1.165, 1.54) is 0 Å². The van der Waals surface area contributed by atoms with Gasteiger partial charge in [0.25, 0.3) is 0 Å². The van der Waals surface area contributed by atoms with E-state index in [9.17, 15) is 4.79 Å². The third-order valence-electron chi connectivity index (χ3n) is 4.28. The van der Waals surface area contributed by atoms with Gasteiger partial charge < -0.3 is 18.6 Å². The molecular formula is C22H24O5. The molecule has 2 aromatic carbocycles. The van der Waals surface area contributed by atoms with E-state index in [0.717, 1.165) is 11.1 Å². The third kappa shape index (κ3) is 3.50. The summed E-state index contributed by atoms with van der Waals surface area (Å²) < 4.78 is 22.8. The van der Waals surface area contributed by atoms with Gasteiger partial charge in [0.05, 0.1) is 25.7 Å². The molecule has 0 radical (unpaired) electrons. The number of hydrogen-bond acceptors (Lipinski definition) is 5. The Morgan fingerprint density at radius 1 is 0.963 bits per heavy atom. The lowest BCUT2D eigenvalue weighted by Crippen LogP contribution is -2.15. The molecule has 0 saturated heterocycles. The van der Waals surface area contributed by atoms with E-state index in [2.05, 4.69) is 0 Å². The van der Waals surface area contributed by atoms with Crippen molar-refractivity contribution in [1.82, 2.24) is 0 Å². The van der Waals surface area contributed by atoms with Gasteiger partial charge in [-0.2, -0.15) is 0 Å². The summed E-state index contributed by atoms with van der Waals surface area (Å²) in [6.45, 7) is 7.64. The number of hydrogen-bond donors (Lipinski definition) is 0. The highest BCUT2D eigenvalue weighted by atomic mass is 16.5. The summed E-state index contributed by atoms with van der Waals surface area (Å²) in [5, 5.41) is 0.521. The Kier molecular flexibility index (Phi) is 5.13. The number of benzene rings is 2. The molecule has 0 saturated carbocycles. The van der Waals surface area contributed by atoms with E-state index < -0.39 is 0 Å². The van der Waals surface area contributed by atoms with Crippen molar-refractivity contribution in [1.29, 1.82) is 0 Å². The molecule has 27 heavy (non-hydrogen) atoms. The first-order valence-electron chi connectivity index (χ1n) is 8.82. The summed E-state index contributed by atoms with van der Waals surface area (Å²) >= 11 is 0. The van der Waals surface area contributed by atoms with Crippen molar-refractivity contribution in [3.63, 3.8) is 0 Å². The first kappa shape index (κ1) is 18.8. The summed E-state index contributed by atoms with van der Waals surface area (Å²) in [5.41, 5.74) is 2.97. The van der Waals surface area contributed by atoms with Gasteiger partial charge >= 0.3 is 0 Å². The van der Waals surface area contributed by atoms with Gasteiger partial charge in [0.1, 0.15) is 5.58 Å². The van der Waals surface area contributed by atoms with Crippen LogP contribution in [0.4, 0.5) is 0 Å². The van der Waals surface area contributed by atoms with E-state index in [1.807, 2.05) is 45.9 Å². The number of ether oxygens (including phenoxy) is 3. The first-order valence-corrected chi connectivity index (χ1v) is 8.82. The Morgan fingerprint density at radius 3 is 2.30 bits per heavy atom. The normalized spacial score (nSPS) is 11.1. The Labute approximate surface area is 158 Å². The Balaban J connectivity index is 2.35. The molecule has 142 valence electrons. The van der Waals surface area contributed by atoms with E-state index in [1.54, 1.807) is 26.4 Å². The summed E-state index contributed by atoms with van der Waals surface area (Å²) in [4.78, 5) is 13.2. The zero-order valence-electron chi connectivity index (χ0n) is 16.5. The van der Waals surface area contributed by atoms with Crippen molar-refractivity contribution in [3.05, 3.63) is 51.7 Å². The van der Waals surface area contributed by atoms with E-state index in [4.69, 9.17) is 18.6 Å². The van der Waals surface area contributed by atoms with Crippen LogP contribution >= 0.6 is 0 Å². The highest BCUT2D eigenvalue weighted by Crippen LogP contribution is 2.37. The molecule has 0 fully saturated rings. The quantitative estimate of drug-likeness (QED) is 0.642. The molecule has 0 spiro atoms. The fourth-order valence-electron chi connectivity index (χ4n) is 3.14. The van der Waals surface area contributed by atoms with Crippen LogP contribution in [0, 0.1) is 13.8 Å². The fourth-order valence-corrected chi connectivity index (χ4v) is 3.14. The lowest BCUT2D eigenvalue weighted by Gasteiger charge is -2.16. The van der Waals surface area contributed by atoms with Crippen molar-refractivity contribution >= 4 is 11.0 Å². The minimum atomic E-state index is -0.179. The van der Waals surface area contributed by atoms with Crippen LogP contribution in [0.1, 0.15) is 25.0 Å². The summed E-state index contributed by atoms with van der Waals surface area (Å²) in [7, 11) is 3.14. The molecule has 0 aliphatic carbocycles. The van der Waals surface area contributed by atoms with Crippen molar-refractivity contribution in [2.24, 2.45) is 0 Å². The molecule has 0 N–H and O–H groups in total. The predicted molar refractivity (Wildman–Crippen MR) is 106 cm³/mol. The highest BCUT2D eigenvalue weighted by molar-refractivity contribution is 5.85. The van der Waals surface area contributed by atoms with Crippen LogP contribution in [0.25, 0.3) is 22.3 Å². The second kappa shape index (κ2) is 7.35. The lowest BCUT2D eigenvalue weighted by molar-refractivity contribution is 0.236. The van der Waals surface area contributed by atoms with Crippen LogP contribution < -0.4 is 19.6 Å². The van der Waals surface area contributed by atoms with Crippen LogP contribution in [0.2, 0.25) is 0 Å². The van der Waals surface area contributed by atoms with E-state index in [0.29, 0.717) is 33.8 Å². The second-order valence-corrected chi connectivity index (χ2v) is 6.78. The van der Waals surface area contributed by atoms with Gasteiger partial charge in [-0.15, -0.1) is 0 Å². The average molecular weight is 368 g/mol. The number of aryl methyl sites for hydroxylation is 2. The number of fused-ring (bicyclic) bond motifs is 1. The summed E-state index contributed by atoms with van der Waals surface area (Å²) in [5.74, 6) is 1.74. The van der Waals surface area contributed by atoms with Crippen LogP contribution in [0.15, 0.2) is 39.5 Å². The first-order chi connectivity index (χ1) is 12.8. The van der Waals surface area contributed by atoms with E-state index >= 15 is 0 Å². The maximum atomic E-state index is 13.2. The minimum Gasteiger partial charge on any atom is -0.493 e. The zero-order chi connectivity index (χ0) is 19.7. The van der Waals surface area contributed by atoms with Gasteiger partial charge in [0.2, 0.25) is 11.2 Å². The molecule has 0 bridgehead atoms. The third-order valence-corrected chi connectivity index (χ3v) is 4.28. The predicted octanol–water partition coefficient (Wildman–Crippen LogP) is 4.88. The maximum Gasteiger partial charge on any atom is 0.235 e. The molecule has 0 aliphatic heterocycles. The van der Waals surface area contributed by atoms with Crippen LogP contribution in [-0.2, 0) is 0 Å². The van der Waals surface area contributed by atoms with Crippen molar-refractivity contribution in [2.45, 2.75) is 33.8 Å². The molecule has 1 aromatic heterocycles. The average Bonchev–Trinajstić information content (AvgIpc) is 2.63. The monoisotopic (exact) mass is 368 g/mol. The van der Waals surface area contributed by atoms with Gasteiger partial charge in [-0.3, -0.25) is 4.79 Å². The summed E-state index contributed by atoms with van der Waals surface area (Å²) in [6, 6.07) is 9.20. The van der Waals surface area contributed by atoms with Crippen LogP contribution in [-0.4, -0.2) is 20.3 Å². The number of rotatable bonds is 5. The molecule has 3 rings (SSSR count).